The van der Waals surface area contributed by atoms with Crippen LogP contribution in [0, 0.1) is 17.8 Å². The van der Waals surface area contributed by atoms with Crippen LogP contribution in [0.15, 0.2) is 41.0 Å². The lowest BCUT2D eigenvalue weighted by molar-refractivity contribution is -0.155. The number of carbonyl (C=O) groups is 2. The van der Waals surface area contributed by atoms with E-state index in [4.69, 9.17) is 13.9 Å². The zero-order valence-electron chi connectivity index (χ0n) is 17.9. The first-order valence-corrected chi connectivity index (χ1v) is 11.2. The smallest absolute Gasteiger partial charge is 0.261 e. The highest BCUT2D eigenvalue weighted by atomic mass is 16.5. The van der Waals surface area contributed by atoms with Crippen LogP contribution in [-0.4, -0.2) is 36.3 Å². The molecule has 2 aromatic rings. The molecule has 31 heavy (non-hydrogen) atoms. The molecule has 4 bridgehead atoms. The van der Waals surface area contributed by atoms with Crippen molar-refractivity contribution in [2.24, 2.45) is 17.8 Å². The number of hydrogen-bond donors (Lipinski definition) is 0. The van der Waals surface area contributed by atoms with Gasteiger partial charge in [0.05, 0.1) is 19.9 Å². The second-order valence-electron chi connectivity index (χ2n) is 9.52. The normalized spacial score (nSPS) is 28.4. The summed E-state index contributed by atoms with van der Waals surface area (Å²) in [6.45, 7) is 0.405. The van der Waals surface area contributed by atoms with Crippen LogP contribution in [0.3, 0.4) is 0 Å². The number of furan rings is 1. The van der Waals surface area contributed by atoms with E-state index in [1.165, 1.54) is 26.4 Å². The van der Waals surface area contributed by atoms with E-state index in [9.17, 15) is 9.59 Å². The molecule has 0 N–H and O–H groups in total. The third-order valence-corrected chi connectivity index (χ3v) is 7.45. The molecule has 1 aromatic heterocycles. The van der Waals surface area contributed by atoms with E-state index in [2.05, 4.69) is 0 Å². The Morgan fingerprint density at radius 2 is 1.84 bits per heavy atom. The maximum Gasteiger partial charge on any atom is 0.261 e. The molecule has 4 aliphatic rings. The molecule has 6 rings (SSSR count). The molecule has 1 aromatic carbocycles. The molecule has 0 unspecified atom stereocenters. The Morgan fingerprint density at radius 3 is 2.42 bits per heavy atom. The van der Waals surface area contributed by atoms with Crippen LogP contribution in [-0.2, 0) is 11.3 Å². The van der Waals surface area contributed by atoms with E-state index in [0.29, 0.717) is 23.6 Å². The monoisotopic (exact) mass is 423 g/mol. The van der Waals surface area contributed by atoms with Crippen LogP contribution in [0.4, 0.5) is 0 Å². The average molecular weight is 424 g/mol. The molecule has 6 nitrogen and oxygen atoms in total. The molecule has 0 atom stereocenters. The fourth-order valence-electron chi connectivity index (χ4n) is 6.57. The molecule has 6 heteroatoms. The molecule has 4 fully saturated rings. The van der Waals surface area contributed by atoms with E-state index in [-0.39, 0.29) is 18.1 Å². The van der Waals surface area contributed by atoms with Gasteiger partial charge in [-0.2, -0.15) is 0 Å². The number of aldehydes is 1. The van der Waals surface area contributed by atoms with Gasteiger partial charge in [0.15, 0.2) is 18.1 Å². The van der Waals surface area contributed by atoms with Gasteiger partial charge in [0.25, 0.3) is 5.91 Å². The fourth-order valence-corrected chi connectivity index (χ4v) is 6.57. The van der Waals surface area contributed by atoms with Crippen LogP contribution in [0.1, 0.15) is 54.6 Å². The minimum absolute atomic E-state index is 0.0279. The van der Waals surface area contributed by atoms with Gasteiger partial charge >= 0.3 is 0 Å². The number of hydrogen-bond acceptors (Lipinski definition) is 5. The average Bonchev–Trinajstić information content (AvgIpc) is 3.28. The number of nitrogens with zero attached hydrogens (tertiary/aromatic N) is 1. The third kappa shape index (κ3) is 3.84. The highest BCUT2D eigenvalue weighted by molar-refractivity contribution is 5.79. The number of ether oxygens (including phenoxy) is 2. The Bertz CT molecular complexity index is 916. The van der Waals surface area contributed by atoms with Gasteiger partial charge in [-0.25, -0.2) is 0 Å². The van der Waals surface area contributed by atoms with E-state index < -0.39 is 0 Å². The van der Waals surface area contributed by atoms with Gasteiger partial charge in [0, 0.05) is 11.1 Å². The molecule has 0 spiro atoms. The van der Waals surface area contributed by atoms with Crippen molar-refractivity contribution in [1.29, 1.82) is 0 Å². The predicted octanol–water partition coefficient (Wildman–Crippen LogP) is 4.48. The molecule has 1 amide bonds. The zero-order chi connectivity index (χ0) is 21.4. The Morgan fingerprint density at radius 1 is 1.13 bits per heavy atom. The number of methoxy groups -OCH3 is 1. The SMILES string of the molecule is COc1cc(C=O)ccc1OCC(=O)N(Cc1ccco1)C12CC3CC(CC(C3)C1)C2. The Balaban J connectivity index is 1.37. The summed E-state index contributed by atoms with van der Waals surface area (Å²) in [5.41, 5.74) is 0.413. The molecule has 164 valence electrons. The van der Waals surface area contributed by atoms with Crippen molar-refractivity contribution in [2.45, 2.75) is 50.6 Å². The summed E-state index contributed by atoms with van der Waals surface area (Å²) in [4.78, 5) is 26.6. The maximum absolute atomic E-state index is 13.5. The van der Waals surface area contributed by atoms with Crippen molar-refractivity contribution in [3.8, 4) is 11.5 Å². The zero-order valence-corrected chi connectivity index (χ0v) is 17.9. The molecule has 0 radical (unpaired) electrons. The van der Waals surface area contributed by atoms with Crippen molar-refractivity contribution in [2.75, 3.05) is 13.7 Å². The highest BCUT2D eigenvalue weighted by Gasteiger charge is 2.54. The first-order valence-electron chi connectivity index (χ1n) is 11.2. The Hall–Kier alpha value is -2.76. The number of carbonyl (C=O) groups excluding carboxylic acids is 2. The van der Waals surface area contributed by atoms with Gasteiger partial charge in [0.1, 0.15) is 12.0 Å². The van der Waals surface area contributed by atoms with Crippen molar-refractivity contribution in [3.63, 3.8) is 0 Å². The third-order valence-electron chi connectivity index (χ3n) is 7.45. The number of benzene rings is 1. The molecular formula is C25H29NO5. The summed E-state index contributed by atoms with van der Waals surface area (Å²) < 4.78 is 16.8. The summed E-state index contributed by atoms with van der Waals surface area (Å²) in [7, 11) is 1.53. The highest BCUT2D eigenvalue weighted by Crippen LogP contribution is 2.58. The maximum atomic E-state index is 13.5. The van der Waals surface area contributed by atoms with Gasteiger partial charge in [-0.3, -0.25) is 9.59 Å². The molecule has 1 heterocycles. The van der Waals surface area contributed by atoms with Gasteiger partial charge in [-0.1, -0.05) is 0 Å². The molecule has 0 aliphatic heterocycles. The lowest BCUT2D eigenvalue weighted by atomic mass is 9.52. The van der Waals surface area contributed by atoms with E-state index in [1.54, 1.807) is 24.5 Å². The quantitative estimate of drug-likeness (QED) is 0.586. The Labute approximate surface area is 182 Å². The fraction of sp³-hybridized carbons (Fsp3) is 0.520. The van der Waals surface area contributed by atoms with E-state index in [0.717, 1.165) is 49.1 Å². The van der Waals surface area contributed by atoms with Crippen LogP contribution in [0.25, 0.3) is 0 Å². The van der Waals surface area contributed by atoms with E-state index in [1.807, 2.05) is 17.0 Å². The largest absolute Gasteiger partial charge is 0.493 e. The van der Waals surface area contributed by atoms with Gasteiger partial charge in [-0.05, 0) is 86.6 Å². The summed E-state index contributed by atoms with van der Waals surface area (Å²) in [6, 6.07) is 8.76. The number of amides is 1. The summed E-state index contributed by atoms with van der Waals surface area (Å²) in [6.07, 6.45) is 9.63. The molecule has 0 saturated heterocycles. The van der Waals surface area contributed by atoms with Crippen molar-refractivity contribution >= 4 is 12.2 Å². The standard InChI is InChI=1S/C25H29NO5/c1-29-23-10-17(15-27)4-5-22(23)31-16-24(28)26(14-21-3-2-6-30-21)25-11-18-7-19(12-25)9-20(8-18)13-25/h2-6,10,15,18-20H,7-9,11-14,16H2,1H3. The predicted molar refractivity (Wildman–Crippen MR) is 114 cm³/mol. The van der Waals surface area contributed by atoms with Crippen molar-refractivity contribution in [3.05, 3.63) is 47.9 Å². The topological polar surface area (TPSA) is 69.0 Å². The van der Waals surface area contributed by atoms with E-state index >= 15 is 0 Å². The molecular weight excluding hydrogens is 394 g/mol. The van der Waals surface area contributed by atoms with Crippen LogP contribution < -0.4 is 9.47 Å². The van der Waals surface area contributed by atoms with Crippen LogP contribution in [0.2, 0.25) is 0 Å². The first kappa shape index (κ1) is 20.2. The van der Waals surface area contributed by atoms with Gasteiger partial charge in [-0.15, -0.1) is 0 Å². The molecule has 4 saturated carbocycles. The summed E-state index contributed by atoms with van der Waals surface area (Å²) >= 11 is 0. The summed E-state index contributed by atoms with van der Waals surface area (Å²) in [5, 5.41) is 0. The first-order chi connectivity index (χ1) is 15.1. The van der Waals surface area contributed by atoms with Gasteiger partial charge in [0.2, 0.25) is 0 Å². The number of rotatable bonds is 8. The van der Waals surface area contributed by atoms with Crippen LogP contribution in [0.5, 0.6) is 11.5 Å². The Kier molecular flexibility index (Phi) is 5.24. The van der Waals surface area contributed by atoms with Gasteiger partial charge < -0.3 is 18.8 Å². The second kappa shape index (κ2) is 8.06. The lowest BCUT2D eigenvalue weighted by Crippen LogP contribution is -2.61. The second-order valence-corrected chi connectivity index (χ2v) is 9.52. The molecule has 4 aliphatic carbocycles. The summed E-state index contributed by atoms with van der Waals surface area (Å²) in [5.74, 6) is 3.88. The van der Waals surface area contributed by atoms with Crippen LogP contribution >= 0.6 is 0 Å². The van der Waals surface area contributed by atoms with Crippen molar-refractivity contribution in [1.82, 2.24) is 4.90 Å². The lowest BCUT2D eigenvalue weighted by Gasteiger charge is -2.60. The van der Waals surface area contributed by atoms with Crippen molar-refractivity contribution < 1.29 is 23.5 Å². The minimum Gasteiger partial charge on any atom is -0.493 e. The minimum atomic E-state index is -0.0898.